The first-order valence-corrected chi connectivity index (χ1v) is 11.2. The van der Waals surface area contributed by atoms with Crippen molar-refractivity contribution in [1.82, 2.24) is 19.3 Å². The standard InChI is InChI=1S/C26H23FN4O4/c27-19-3-2-18-9-11-30(23(18)16-19)25-6-7-26(33)31(29-25)12-15-35-24-8-10-28-22-17-20(4-5-21(22)24)34-14-1-13-32/h2-11,16-17,32H,1,12-15H2. The fourth-order valence-corrected chi connectivity index (χ4v) is 3.84. The molecule has 0 aliphatic carbocycles. The van der Waals surface area contributed by atoms with E-state index in [-0.39, 0.29) is 31.1 Å². The molecule has 0 amide bonds. The summed E-state index contributed by atoms with van der Waals surface area (Å²) in [7, 11) is 0. The van der Waals surface area contributed by atoms with Gasteiger partial charge in [0.25, 0.3) is 5.56 Å². The number of halogens is 1. The third-order valence-electron chi connectivity index (χ3n) is 5.56. The third-order valence-corrected chi connectivity index (χ3v) is 5.56. The van der Waals surface area contributed by atoms with Crippen LogP contribution in [0.1, 0.15) is 6.42 Å². The van der Waals surface area contributed by atoms with E-state index in [2.05, 4.69) is 10.1 Å². The number of nitrogens with zero attached hydrogens (tertiary/aromatic N) is 4. The van der Waals surface area contributed by atoms with E-state index >= 15 is 0 Å². The summed E-state index contributed by atoms with van der Waals surface area (Å²) in [5, 5.41) is 15.0. The highest BCUT2D eigenvalue weighted by atomic mass is 19.1. The second-order valence-corrected chi connectivity index (χ2v) is 7.90. The van der Waals surface area contributed by atoms with Crippen molar-refractivity contribution in [3.05, 3.63) is 89.2 Å². The van der Waals surface area contributed by atoms with Crippen LogP contribution in [0.2, 0.25) is 0 Å². The molecule has 2 aromatic carbocycles. The first kappa shape index (κ1) is 22.5. The normalized spacial score (nSPS) is 11.3. The van der Waals surface area contributed by atoms with E-state index in [1.807, 2.05) is 24.3 Å². The number of aliphatic hydroxyl groups is 1. The highest BCUT2D eigenvalue weighted by molar-refractivity contribution is 5.86. The van der Waals surface area contributed by atoms with Crippen LogP contribution in [-0.2, 0) is 6.54 Å². The molecular formula is C26H23FN4O4. The summed E-state index contributed by atoms with van der Waals surface area (Å²) in [4.78, 5) is 16.8. The number of aromatic nitrogens is 4. The predicted molar refractivity (Wildman–Crippen MR) is 130 cm³/mol. The molecule has 5 aromatic rings. The minimum Gasteiger partial charge on any atom is -0.493 e. The van der Waals surface area contributed by atoms with Crippen LogP contribution in [0, 0.1) is 5.82 Å². The topological polar surface area (TPSA) is 91.4 Å². The molecule has 0 fully saturated rings. The Morgan fingerprint density at radius 1 is 0.971 bits per heavy atom. The van der Waals surface area contributed by atoms with Gasteiger partial charge >= 0.3 is 0 Å². The van der Waals surface area contributed by atoms with Crippen LogP contribution >= 0.6 is 0 Å². The Balaban J connectivity index is 1.32. The lowest BCUT2D eigenvalue weighted by Gasteiger charge is -2.12. The number of ether oxygens (including phenoxy) is 2. The summed E-state index contributed by atoms with van der Waals surface area (Å²) in [5.74, 6) is 1.47. The number of pyridine rings is 1. The molecule has 0 aliphatic rings. The third kappa shape index (κ3) is 4.85. The molecule has 5 rings (SSSR count). The Labute approximate surface area is 199 Å². The maximum Gasteiger partial charge on any atom is 0.266 e. The molecule has 9 heteroatoms. The molecule has 0 saturated carbocycles. The molecule has 3 aromatic heterocycles. The van der Waals surface area contributed by atoms with Crippen molar-refractivity contribution < 1.29 is 19.0 Å². The Morgan fingerprint density at radius 3 is 2.77 bits per heavy atom. The van der Waals surface area contributed by atoms with Gasteiger partial charge in [0.05, 0.1) is 24.2 Å². The summed E-state index contributed by atoms with van der Waals surface area (Å²) in [5.41, 5.74) is 1.12. The molecular weight excluding hydrogens is 451 g/mol. The fourth-order valence-electron chi connectivity index (χ4n) is 3.84. The Hall–Kier alpha value is -4.24. The van der Waals surface area contributed by atoms with Crippen molar-refractivity contribution in [3.8, 4) is 17.3 Å². The molecule has 0 radical (unpaired) electrons. The number of hydrogen-bond acceptors (Lipinski definition) is 6. The lowest BCUT2D eigenvalue weighted by molar-refractivity contribution is 0.233. The van der Waals surface area contributed by atoms with Gasteiger partial charge in [-0.05, 0) is 48.5 Å². The molecule has 0 spiro atoms. The average molecular weight is 474 g/mol. The van der Waals surface area contributed by atoms with Gasteiger partial charge in [-0.2, -0.15) is 5.10 Å². The van der Waals surface area contributed by atoms with Crippen molar-refractivity contribution >= 4 is 21.8 Å². The molecule has 0 atom stereocenters. The van der Waals surface area contributed by atoms with Gasteiger partial charge in [-0.25, -0.2) is 9.07 Å². The first-order chi connectivity index (χ1) is 17.1. The van der Waals surface area contributed by atoms with Gasteiger partial charge in [-0.1, -0.05) is 0 Å². The van der Waals surface area contributed by atoms with Gasteiger partial charge in [-0.3, -0.25) is 14.3 Å². The van der Waals surface area contributed by atoms with E-state index in [1.54, 1.807) is 35.2 Å². The second-order valence-electron chi connectivity index (χ2n) is 7.90. The molecule has 0 unspecified atom stereocenters. The summed E-state index contributed by atoms with van der Waals surface area (Å²) in [6, 6.07) is 16.7. The minimum atomic E-state index is -0.340. The maximum absolute atomic E-state index is 13.8. The molecule has 35 heavy (non-hydrogen) atoms. The largest absolute Gasteiger partial charge is 0.493 e. The van der Waals surface area contributed by atoms with Crippen LogP contribution in [0.15, 0.2) is 77.9 Å². The SMILES string of the molecule is O=c1ccc(-n2ccc3ccc(F)cc32)nn1CCOc1ccnc2cc(OCCCO)ccc12. The van der Waals surface area contributed by atoms with Gasteiger partial charge in [0, 0.05) is 48.3 Å². The minimum absolute atomic E-state index is 0.0746. The van der Waals surface area contributed by atoms with Crippen LogP contribution in [-0.4, -0.2) is 44.3 Å². The quantitative estimate of drug-likeness (QED) is 0.328. The fraction of sp³-hybridized carbons (Fsp3) is 0.192. The lowest BCUT2D eigenvalue weighted by atomic mass is 10.2. The second kappa shape index (κ2) is 9.94. The van der Waals surface area contributed by atoms with Crippen molar-refractivity contribution in [2.75, 3.05) is 19.8 Å². The van der Waals surface area contributed by atoms with Gasteiger partial charge in [0.1, 0.15) is 23.9 Å². The van der Waals surface area contributed by atoms with Crippen molar-refractivity contribution in [2.24, 2.45) is 0 Å². The number of benzene rings is 2. The van der Waals surface area contributed by atoms with Crippen LogP contribution in [0.5, 0.6) is 11.5 Å². The highest BCUT2D eigenvalue weighted by Gasteiger charge is 2.09. The molecule has 3 heterocycles. The zero-order valence-corrected chi connectivity index (χ0v) is 18.8. The Kier molecular flexibility index (Phi) is 6.40. The molecule has 0 bridgehead atoms. The Morgan fingerprint density at radius 2 is 1.89 bits per heavy atom. The highest BCUT2D eigenvalue weighted by Crippen LogP contribution is 2.27. The van der Waals surface area contributed by atoms with Crippen molar-refractivity contribution in [3.63, 3.8) is 0 Å². The van der Waals surface area contributed by atoms with Gasteiger partial charge in [0.15, 0.2) is 5.82 Å². The first-order valence-electron chi connectivity index (χ1n) is 11.2. The van der Waals surface area contributed by atoms with E-state index in [9.17, 15) is 9.18 Å². The van der Waals surface area contributed by atoms with E-state index < -0.39 is 0 Å². The number of fused-ring (bicyclic) bond motifs is 2. The molecule has 0 saturated heterocycles. The van der Waals surface area contributed by atoms with E-state index in [1.165, 1.54) is 22.9 Å². The zero-order chi connectivity index (χ0) is 24.2. The lowest BCUT2D eigenvalue weighted by Crippen LogP contribution is -2.26. The Bertz CT molecular complexity index is 1550. The van der Waals surface area contributed by atoms with Crippen molar-refractivity contribution in [1.29, 1.82) is 0 Å². The van der Waals surface area contributed by atoms with E-state index in [0.717, 1.165) is 10.8 Å². The van der Waals surface area contributed by atoms with E-state index in [0.29, 0.717) is 41.4 Å². The molecule has 1 N–H and O–H groups in total. The molecule has 8 nitrogen and oxygen atoms in total. The monoisotopic (exact) mass is 474 g/mol. The summed E-state index contributed by atoms with van der Waals surface area (Å²) in [6.45, 7) is 0.940. The summed E-state index contributed by atoms with van der Waals surface area (Å²) < 4.78 is 28.4. The summed E-state index contributed by atoms with van der Waals surface area (Å²) >= 11 is 0. The van der Waals surface area contributed by atoms with Crippen LogP contribution in [0.3, 0.4) is 0 Å². The summed E-state index contributed by atoms with van der Waals surface area (Å²) in [6.07, 6.45) is 4.00. The maximum atomic E-state index is 13.8. The van der Waals surface area contributed by atoms with Crippen LogP contribution in [0.25, 0.3) is 27.6 Å². The van der Waals surface area contributed by atoms with Gasteiger partial charge in [0.2, 0.25) is 0 Å². The molecule has 178 valence electrons. The van der Waals surface area contributed by atoms with Gasteiger partial charge in [-0.15, -0.1) is 0 Å². The number of hydrogen-bond donors (Lipinski definition) is 1. The van der Waals surface area contributed by atoms with E-state index in [4.69, 9.17) is 14.6 Å². The predicted octanol–water partition coefficient (Wildman–Crippen LogP) is 3.71. The smallest absolute Gasteiger partial charge is 0.266 e. The molecule has 0 aliphatic heterocycles. The van der Waals surface area contributed by atoms with Crippen LogP contribution < -0.4 is 15.0 Å². The van der Waals surface area contributed by atoms with Crippen molar-refractivity contribution in [2.45, 2.75) is 13.0 Å². The average Bonchev–Trinajstić information content (AvgIpc) is 3.28. The number of rotatable bonds is 9. The van der Waals surface area contributed by atoms with Gasteiger partial charge < -0.3 is 14.6 Å². The van der Waals surface area contributed by atoms with Crippen LogP contribution in [0.4, 0.5) is 4.39 Å². The zero-order valence-electron chi connectivity index (χ0n) is 18.8. The number of aliphatic hydroxyl groups excluding tert-OH is 1.